The predicted molar refractivity (Wildman–Crippen MR) is 72.9 cm³/mol. The van der Waals surface area contributed by atoms with Gasteiger partial charge in [-0.2, -0.15) is 5.10 Å². The smallest absolute Gasteiger partial charge is 0.0739 e. The molecule has 4 nitrogen and oxygen atoms in total. The van der Waals surface area contributed by atoms with Crippen LogP contribution in [0.3, 0.4) is 0 Å². The van der Waals surface area contributed by atoms with Crippen molar-refractivity contribution < 1.29 is 5.11 Å². The van der Waals surface area contributed by atoms with E-state index in [1.165, 1.54) is 0 Å². The molecule has 0 amide bonds. The Morgan fingerprint density at radius 1 is 1.41 bits per heavy atom. The Morgan fingerprint density at radius 3 is 2.35 bits per heavy atom. The molecule has 0 atom stereocenters. The highest BCUT2D eigenvalue weighted by molar-refractivity contribution is 9.10. The summed E-state index contributed by atoms with van der Waals surface area (Å²) in [5.74, 6) is 0. The summed E-state index contributed by atoms with van der Waals surface area (Å²) in [5, 5.41) is 17.3. The van der Waals surface area contributed by atoms with E-state index in [2.05, 4.69) is 40.2 Å². The van der Waals surface area contributed by atoms with Crippen LogP contribution >= 0.6 is 15.9 Å². The SMILES string of the molecule is CCC(CC)(CO)NCc1c(Br)c(C)nn1C. The molecule has 1 aromatic heterocycles. The van der Waals surface area contributed by atoms with Crippen molar-refractivity contribution in [2.75, 3.05) is 6.61 Å². The summed E-state index contributed by atoms with van der Waals surface area (Å²) in [6.45, 7) is 7.04. The maximum absolute atomic E-state index is 9.50. The molecule has 0 aliphatic rings. The van der Waals surface area contributed by atoms with Gasteiger partial charge in [-0.3, -0.25) is 4.68 Å². The highest BCUT2D eigenvalue weighted by Gasteiger charge is 2.25. The molecule has 2 N–H and O–H groups in total. The van der Waals surface area contributed by atoms with Crippen LogP contribution in [-0.4, -0.2) is 27.0 Å². The van der Waals surface area contributed by atoms with Gasteiger partial charge in [-0.1, -0.05) is 13.8 Å². The minimum Gasteiger partial charge on any atom is -0.394 e. The zero-order chi connectivity index (χ0) is 13.1. The van der Waals surface area contributed by atoms with Gasteiger partial charge in [-0.15, -0.1) is 0 Å². The number of hydrogen-bond acceptors (Lipinski definition) is 3. The van der Waals surface area contributed by atoms with Crippen molar-refractivity contribution in [3.63, 3.8) is 0 Å². The lowest BCUT2D eigenvalue weighted by Gasteiger charge is -2.31. The second kappa shape index (κ2) is 5.98. The Labute approximate surface area is 112 Å². The van der Waals surface area contributed by atoms with Gasteiger partial charge < -0.3 is 10.4 Å². The standard InChI is InChI=1S/C12H22BrN3O/c1-5-12(6-2,8-17)14-7-10-11(13)9(3)15-16(10)4/h14,17H,5-8H2,1-4H3. The van der Waals surface area contributed by atoms with Gasteiger partial charge in [0.2, 0.25) is 0 Å². The fourth-order valence-corrected chi connectivity index (χ4v) is 2.40. The topological polar surface area (TPSA) is 50.1 Å². The molecule has 0 fully saturated rings. The third-order valence-electron chi connectivity index (χ3n) is 3.55. The Hall–Kier alpha value is -0.390. The van der Waals surface area contributed by atoms with Crippen LogP contribution in [0.2, 0.25) is 0 Å². The second-order valence-electron chi connectivity index (χ2n) is 4.47. The first kappa shape index (κ1) is 14.7. The Bertz CT molecular complexity index is 364. The van der Waals surface area contributed by atoms with Gasteiger partial charge in [0.15, 0.2) is 0 Å². The lowest BCUT2D eigenvalue weighted by Crippen LogP contribution is -2.47. The molecule has 0 saturated heterocycles. The van der Waals surface area contributed by atoms with Crippen molar-refractivity contribution in [2.24, 2.45) is 7.05 Å². The van der Waals surface area contributed by atoms with E-state index < -0.39 is 0 Å². The molecule has 0 aromatic carbocycles. The number of halogens is 1. The van der Waals surface area contributed by atoms with Crippen molar-refractivity contribution >= 4 is 15.9 Å². The van der Waals surface area contributed by atoms with Crippen molar-refractivity contribution in [2.45, 2.75) is 45.7 Å². The first-order chi connectivity index (χ1) is 7.99. The average molecular weight is 304 g/mol. The molecule has 0 aliphatic carbocycles. The molecule has 98 valence electrons. The highest BCUT2D eigenvalue weighted by atomic mass is 79.9. The minimum atomic E-state index is -0.183. The van der Waals surface area contributed by atoms with E-state index in [4.69, 9.17) is 0 Å². The summed E-state index contributed by atoms with van der Waals surface area (Å²) in [6, 6.07) is 0. The number of rotatable bonds is 6. The van der Waals surface area contributed by atoms with Crippen LogP contribution in [0.15, 0.2) is 4.47 Å². The summed E-state index contributed by atoms with van der Waals surface area (Å²) in [6.07, 6.45) is 1.82. The van der Waals surface area contributed by atoms with Gasteiger partial charge >= 0.3 is 0 Å². The lowest BCUT2D eigenvalue weighted by molar-refractivity contribution is 0.148. The summed E-state index contributed by atoms with van der Waals surface area (Å²) in [4.78, 5) is 0. The Balaban J connectivity index is 2.79. The third-order valence-corrected chi connectivity index (χ3v) is 4.58. The molecule has 0 unspecified atom stereocenters. The first-order valence-corrected chi connectivity index (χ1v) is 6.82. The predicted octanol–water partition coefficient (Wildman–Crippen LogP) is 2.13. The number of nitrogens with zero attached hydrogens (tertiary/aromatic N) is 2. The van der Waals surface area contributed by atoms with Crippen LogP contribution in [0, 0.1) is 6.92 Å². The molecule has 17 heavy (non-hydrogen) atoms. The van der Waals surface area contributed by atoms with E-state index in [9.17, 15) is 5.11 Å². The van der Waals surface area contributed by atoms with Crippen LogP contribution in [0.4, 0.5) is 0 Å². The minimum absolute atomic E-state index is 0.161. The Morgan fingerprint density at radius 2 is 2.00 bits per heavy atom. The number of aliphatic hydroxyl groups is 1. The van der Waals surface area contributed by atoms with E-state index >= 15 is 0 Å². The molecule has 5 heteroatoms. The zero-order valence-corrected chi connectivity index (χ0v) is 12.6. The fourth-order valence-electron chi connectivity index (χ4n) is 1.92. The van der Waals surface area contributed by atoms with Crippen molar-refractivity contribution in [3.05, 3.63) is 15.9 Å². The molecule has 0 radical (unpaired) electrons. The van der Waals surface area contributed by atoms with E-state index in [0.717, 1.165) is 28.7 Å². The van der Waals surface area contributed by atoms with E-state index in [0.29, 0.717) is 6.54 Å². The number of aromatic nitrogens is 2. The van der Waals surface area contributed by atoms with Crippen LogP contribution in [0.1, 0.15) is 38.1 Å². The normalized spacial score (nSPS) is 12.1. The Kier molecular flexibility index (Phi) is 5.16. The van der Waals surface area contributed by atoms with Crippen LogP contribution in [0.25, 0.3) is 0 Å². The summed E-state index contributed by atoms with van der Waals surface area (Å²) in [5.41, 5.74) is 1.92. The number of aryl methyl sites for hydroxylation is 2. The molecule has 0 spiro atoms. The molecule has 1 heterocycles. The number of aliphatic hydroxyl groups excluding tert-OH is 1. The van der Waals surface area contributed by atoms with Crippen molar-refractivity contribution in [3.8, 4) is 0 Å². The monoisotopic (exact) mass is 303 g/mol. The molecule has 1 aromatic rings. The second-order valence-corrected chi connectivity index (χ2v) is 5.26. The van der Waals surface area contributed by atoms with Gasteiger partial charge in [0.1, 0.15) is 0 Å². The van der Waals surface area contributed by atoms with Gasteiger partial charge in [-0.25, -0.2) is 0 Å². The van der Waals surface area contributed by atoms with E-state index in [1.807, 2.05) is 18.7 Å². The van der Waals surface area contributed by atoms with Gasteiger partial charge in [0, 0.05) is 19.1 Å². The molecule has 1 rings (SSSR count). The molecule has 0 aliphatic heterocycles. The van der Waals surface area contributed by atoms with Crippen LogP contribution in [0.5, 0.6) is 0 Å². The largest absolute Gasteiger partial charge is 0.394 e. The maximum atomic E-state index is 9.50. The molecular formula is C12H22BrN3O. The van der Waals surface area contributed by atoms with Gasteiger partial charge in [0.05, 0.1) is 22.5 Å². The van der Waals surface area contributed by atoms with Crippen LogP contribution in [-0.2, 0) is 13.6 Å². The van der Waals surface area contributed by atoms with Gasteiger partial charge in [-0.05, 0) is 35.7 Å². The van der Waals surface area contributed by atoms with E-state index in [-0.39, 0.29) is 12.1 Å². The highest BCUT2D eigenvalue weighted by Crippen LogP contribution is 2.22. The third kappa shape index (κ3) is 3.09. The maximum Gasteiger partial charge on any atom is 0.0739 e. The van der Waals surface area contributed by atoms with Crippen LogP contribution < -0.4 is 5.32 Å². The van der Waals surface area contributed by atoms with E-state index in [1.54, 1.807) is 0 Å². The van der Waals surface area contributed by atoms with Crippen molar-refractivity contribution in [1.29, 1.82) is 0 Å². The number of hydrogen-bond donors (Lipinski definition) is 2. The average Bonchev–Trinajstić information content (AvgIpc) is 2.57. The zero-order valence-electron chi connectivity index (χ0n) is 11.0. The molecular weight excluding hydrogens is 282 g/mol. The molecule has 0 saturated carbocycles. The lowest BCUT2D eigenvalue weighted by atomic mass is 9.94. The molecule has 0 bridgehead atoms. The number of nitrogens with one attached hydrogen (secondary N) is 1. The summed E-state index contributed by atoms with van der Waals surface area (Å²) < 4.78 is 2.92. The first-order valence-electron chi connectivity index (χ1n) is 6.03. The summed E-state index contributed by atoms with van der Waals surface area (Å²) in [7, 11) is 1.94. The summed E-state index contributed by atoms with van der Waals surface area (Å²) >= 11 is 3.55. The van der Waals surface area contributed by atoms with Gasteiger partial charge in [0.25, 0.3) is 0 Å². The van der Waals surface area contributed by atoms with Crippen molar-refractivity contribution in [1.82, 2.24) is 15.1 Å². The quantitative estimate of drug-likeness (QED) is 0.846. The fraction of sp³-hybridized carbons (Fsp3) is 0.750.